The lowest BCUT2D eigenvalue weighted by Crippen LogP contribution is -2.30. The van der Waals surface area contributed by atoms with Crippen LogP contribution in [0.25, 0.3) is 11.0 Å². The van der Waals surface area contributed by atoms with Crippen LogP contribution in [0.2, 0.25) is 5.02 Å². The fourth-order valence-corrected chi connectivity index (χ4v) is 4.02. The fourth-order valence-electron chi connectivity index (χ4n) is 3.84. The summed E-state index contributed by atoms with van der Waals surface area (Å²) in [6, 6.07) is 14.3. The van der Waals surface area contributed by atoms with Gasteiger partial charge in [0, 0.05) is 17.0 Å². The van der Waals surface area contributed by atoms with Gasteiger partial charge in [-0.15, -0.1) is 0 Å². The summed E-state index contributed by atoms with van der Waals surface area (Å²) in [5.41, 5.74) is 0.910. The molecule has 0 saturated carbocycles. The second-order valence-electron chi connectivity index (χ2n) is 7.36. The van der Waals surface area contributed by atoms with Crippen LogP contribution in [0.1, 0.15) is 27.9 Å². The molecule has 160 valence electrons. The van der Waals surface area contributed by atoms with Crippen molar-refractivity contribution >= 4 is 34.3 Å². The monoisotopic (exact) mass is 451 g/mol. The van der Waals surface area contributed by atoms with Gasteiger partial charge in [0.15, 0.2) is 11.5 Å². The van der Waals surface area contributed by atoms with E-state index in [0.29, 0.717) is 27.3 Å². The van der Waals surface area contributed by atoms with Crippen LogP contribution in [0.5, 0.6) is 0 Å². The van der Waals surface area contributed by atoms with E-state index in [1.54, 1.807) is 30.3 Å². The first-order chi connectivity index (χ1) is 15.4. The van der Waals surface area contributed by atoms with Gasteiger partial charge in [0.25, 0.3) is 5.91 Å². The van der Waals surface area contributed by atoms with Crippen molar-refractivity contribution in [3.63, 3.8) is 0 Å². The minimum Gasteiger partial charge on any atom is -0.503 e. The molecule has 2 aromatic carbocycles. The van der Waals surface area contributed by atoms with E-state index in [1.807, 2.05) is 0 Å². The predicted molar refractivity (Wildman–Crippen MR) is 114 cm³/mol. The third-order valence-corrected chi connectivity index (χ3v) is 5.56. The molecule has 3 heterocycles. The van der Waals surface area contributed by atoms with Crippen LogP contribution < -0.4 is 0 Å². The zero-order valence-corrected chi connectivity index (χ0v) is 17.2. The summed E-state index contributed by atoms with van der Waals surface area (Å²) >= 11 is 6.01. The number of rotatable bonds is 5. The number of hydrogen-bond acceptors (Lipinski definition) is 5. The smallest absolute Gasteiger partial charge is 0.290 e. The summed E-state index contributed by atoms with van der Waals surface area (Å²) in [5, 5.41) is 11.8. The van der Waals surface area contributed by atoms with Gasteiger partial charge in [-0.1, -0.05) is 23.7 Å². The molecule has 8 heteroatoms. The molecule has 1 atom stereocenters. The average Bonchev–Trinajstić information content (AvgIpc) is 3.50. The van der Waals surface area contributed by atoms with Gasteiger partial charge in [-0.05, 0) is 54.1 Å². The minimum absolute atomic E-state index is 0.0288. The number of carbonyl (C=O) groups is 2. The van der Waals surface area contributed by atoms with Gasteiger partial charge >= 0.3 is 0 Å². The summed E-state index contributed by atoms with van der Waals surface area (Å²) in [7, 11) is 0. The van der Waals surface area contributed by atoms with Crippen LogP contribution in [-0.2, 0) is 11.3 Å². The third kappa shape index (κ3) is 3.36. The first-order valence-corrected chi connectivity index (χ1v) is 10.1. The first-order valence-electron chi connectivity index (χ1n) is 9.68. The summed E-state index contributed by atoms with van der Waals surface area (Å²) in [5.74, 6) is -2.23. The number of amides is 1. The Morgan fingerprint density at radius 3 is 2.62 bits per heavy atom. The van der Waals surface area contributed by atoms with E-state index in [2.05, 4.69) is 0 Å². The molecule has 6 nitrogen and oxygen atoms in total. The number of benzene rings is 2. The van der Waals surface area contributed by atoms with Crippen LogP contribution in [0, 0.1) is 5.82 Å². The Labute approximate surface area is 186 Å². The second kappa shape index (κ2) is 7.69. The summed E-state index contributed by atoms with van der Waals surface area (Å²) in [6.45, 7) is 0.0288. The highest BCUT2D eigenvalue weighted by molar-refractivity contribution is 6.31. The Morgan fingerprint density at radius 1 is 1.12 bits per heavy atom. The van der Waals surface area contributed by atoms with Crippen molar-refractivity contribution in [1.82, 2.24) is 4.90 Å². The number of ketones is 1. The van der Waals surface area contributed by atoms with Crippen molar-refractivity contribution in [2.24, 2.45) is 0 Å². The number of furan rings is 2. The van der Waals surface area contributed by atoms with Crippen LogP contribution in [-0.4, -0.2) is 21.7 Å². The lowest BCUT2D eigenvalue weighted by molar-refractivity contribution is -0.130. The second-order valence-corrected chi connectivity index (χ2v) is 7.80. The Bertz CT molecular complexity index is 1370. The average molecular weight is 452 g/mol. The summed E-state index contributed by atoms with van der Waals surface area (Å²) in [6.07, 6.45) is 1.41. The van der Waals surface area contributed by atoms with Crippen LogP contribution in [0.3, 0.4) is 0 Å². The fraction of sp³-hybridized carbons (Fsp3) is 0.0833. The Balaban J connectivity index is 1.56. The lowest BCUT2D eigenvalue weighted by Gasteiger charge is -2.24. The number of hydrogen-bond donors (Lipinski definition) is 1. The number of aliphatic hydroxyl groups is 1. The number of Topliss-reactive ketones (excluding diaryl/α,β-unsaturated/α-hetero) is 1. The van der Waals surface area contributed by atoms with Gasteiger partial charge in [-0.25, -0.2) is 4.39 Å². The number of halogens is 2. The van der Waals surface area contributed by atoms with Crippen molar-refractivity contribution in [3.05, 3.63) is 106 Å². The molecule has 1 aliphatic heterocycles. The molecule has 0 aliphatic carbocycles. The molecule has 4 aromatic rings. The molecule has 0 fully saturated rings. The van der Waals surface area contributed by atoms with E-state index in [4.69, 9.17) is 20.4 Å². The zero-order valence-electron chi connectivity index (χ0n) is 16.4. The standard InChI is InChI=1S/C24H15ClFNO5/c25-15-5-8-17-14(10-15)11-19(32-17)22(28)20-21(18-2-1-9-31-18)27(24(30)23(20)29)12-13-3-6-16(26)7-4-13/h1-11,21,29H,12H2. The maximum absolute atomic E-state index is 13.4. The number of fused-ring (bicyclic) bond motifs is 1. The normalized spacial score (nSPS) is 16.4. The highest BCUT2D eigenvalue weighted by Gasteiger charge is 2.45. The van der Waals surface area contributed by atoms with Gasteiger partial charge in [-0.3, -0.25) is 9.59 Å². The van der Waals surface area contributed by atoms with Crippen molar-refractivity contribution < 1.29 is 27.9 Å². The SMILES string of the molecule is O=C(C1=C(O)C(=O)N(Cc2ccc(F)cc2)C1c1ccco1)c1cc2cc(Cl)ccc2o1. The minimum atomic E-state index is -0.980. The van der Waals surface area contributed by atoms with Crippen LogP contribution in [0.15, 0.2) is 87.1 Å². The third-order valence-electron chi connectivity index (χ3n) is 5.33. The van der Waals surface area contributed by atoms with E-state index in [1.165, 1.54) is 41.5 Å². The summed E-state index contributed by atoms with van der Waals surface area (Å²) in [4.78, 5) is 27.6. The maximum Gasteiger partial charge on any atom is 0.290 e. The Morgan fingerprint density at radius 2 is 1.91 bits per heavy atom. The molecule has 5 rings (SSSR count). The van der Waals surface area contributed by atoms with Crippen molar-refractivity contribution in [3.8, 4) is 0 Å². The van der Waals surface area contributed by atoms with Gasteiger partial charge in [0.05, 0.1) is 11.8 Å². The van der Waals surface area contributed by atoms with Gasteiger partial charge < -0.3 is 18.8 Å². The van der Waals surface area contributed by atoms with Gasteiger partial charge in [-0.2, -0.15) is 0 Å². The molecule has 1 N–H and O–H groups in total. The van der Waals surface area contributed by atoms with Gasteiger partial charge in [0.2, 0.25) is 5.78 Å². The number of carbonyl (C=O) groups excluding carboxylic acids is 2. The quantitative estimate of drug-likeness (QED) is 0.399. The highest BCUT2D eigenvalue weighted by Crippen LogP contribution is 2.40. The van der Waals surface area contributed by atoms with Gasteiger partial charge in [0.1, 0.15) is 23.2 Å². The van der Waals surface area contributed by atoms with Crippen molar-refractivity contribution in [2.75, 3.05) is 0 Å². The molecule has 1 aliphatic rings. The Hall–Kier alpha value is -3.84. The van der Waals surface area contributed by atoms with Crippen molar-refractivity contribution in [2.45, 2.75) is 12.6 Å². The lowest BCUT2D eigenvalue weighted by atomic mass is 9.99. The molecule has 32 heavy (non-hydrogen) atoms. The van der Waals surface area contributed by atoms with E-state index < -0.39 is 29.3 Å². The molecule has 0 bridgehead atoms. The predicted octanol–water partition coefficient (Wildman–Crippen LogP) is 5.60. The van der Waals surface area contributed by atoms with E-state index in [0.717, 1.165) is 0 Å². The zero-order chi connectivity index (χ0) is 22.4. The number of aliphatic hydroxyl groups excluding tert-OH is 1. The molecular weight excluding hydrogens is 437 g/mol. The van der Waals surface area contributed by atoms with E-state index >= 15 is 0 Å². The molecule has 1 amide bonds. The van der Waals surface area contributed by atoms with Crippen LogP contribution in [0.4, 0.5) is 4.39 Å². The maximum atomic E-state index is 13.4. The number of nitrogens with zero attached hydrogens (tertiary/aromatic N) is 1. The van der Waals surface area contributed by atoms with Crippen molar-refractivity contribution in [1.29, 1.82) is 0 Å². The first kappa shape index (κ1) is 20.1. The molecule has 2 aromatic heterocycles. The summed E-state index contributed by atoms with van der Waals surface area (Å²) < 4.78 is 24.5. The molecular formula is C24H15ClFNO5. The van der Waals surface area contributed by atoms with Crippen LogP contribution >= 0.6 is 11.6 Å². The molecule has 1 unspecified atom stereocenters. The topological polar surface area (TPSA) is 83.9 Å². The molecule has 0 spiro atoms. The Kier molecular flexibility index (Phi) is 4.83. The molecule has 0 radical (unpaired) electrons. The highest BCUT2D eigenvalue weighted by atomic mass is 35.5. The largest absolute Gasteiger partial charge is 0.503 e. The van der Waals surface area contributed by atoms with E-state index in [-0.39, 0.29) is 17.9 Å². The van der Waals surface area contributed by atoms with E-state index in [9.17, 15) is 19.1 Å². The molecule has 0 saturated heterocycles.